The van der Waals surface area contributed by atoms with Crippen LogP contribution in [0.3, 0.4) is 0 Å². The van der Waals surface area contributed by atoms with E-state index >= 15 is 0 Å². The molecule has 0 aromatic heterocycles. The Balaban J connectivity index is 2.09. The SMILES string of the molecule is O=C1CSC(=O)N1[C@@H]1CCOC1. The Kier molecular flexibility index (Phi) is 2.06. The summed E-state index contributed by atoms with van der Waals surface area (Å²) in [5, 5.41) is -0.115. The molecule has 2 rings (SSSR count). The van der Waals surface area contributed by atoms with E-state index in [1.165, 1.54) is 4.90 Å². The topological polar surface area (TPSA) is 46.6 Å². The van der Waals surface area contributed by atoms with Crippen LogP contribution >= 0.6 is 11.8 Å². The van der Waals surface area contributed by atoms with Crippen LogP contribution in [0, 0.1) is 0 Å². The highest BCUT2D eigenvalue weighted by Gasteiger charge is 2.37. The zero-order valence-electron chi connectivity index (χ0n) is 6.49. The predicted octanol–water partition coefficient (Wildman–Crippen LogP) is 0.471. The molecule has 0 saturated carbocycles. The maximum Gasteiger partial charge on any atom is 0.289 e. The van der Waals surface area contributed by atoms with Gasteiger partial charge in [-0.2, -0.15) is 0 Å². The van der Waals surface area contributed by atoms with Crippen molar-refractivity contribution in [3.63, 3.8) is 0 Å². The fraction of sp³-hybridized carbons (Fsp3) is 0.714. The van der Waals surface area contributed by atoms with Crippen molar-refractivity contribution >= 4 is 22.9 Å². The highest BCUT2D eigenvalue weighted by Crippen LogP contribution is 2.24. The Morgan fingerprint density at radius 3 is 2.83 bits per heavy atom. The summed E-state index contributed by atoms with van der Waals surface area (Å²) < 4.78 is 5.11. The lowest BCUT2D eigenvalue weighted by Gasteiger charge is -2.18. The third kappa shape index (κ3) is 1.23. The number of carbonyl (C=O) groups excluding carboxylic acids is 2. The second-order valence-corrected chi connectivity index (χ2v) is 3.76. The largest absolute Gasteiger partial charge is 0.379 e. The minimum atomic E-state index is -0.115. The Morgan fingerprint density at radius 1 is 1.50 bits per heavy atom. The standard InChI is InChI=1S/C7H9NO3S/c9-6-4-12-7(10)8(6)5-1-2-11-3-5/h5H,1-4H2/t5-/m1/s1. The van der Waals surface area contributed by atoms with Crippen LogP contribution in [-0.4, -0.2) is 41.1 Å². The summed E-state index contributed by atoms with van der Waals surface area (Å²) in [6, 6.07) is -0.000000000000000444. The van der Waals surface area contributed by atoms with E-state index in [1.807, 2.05) is 0 Å². The van der Waals surface area contributed by atoms with E-state index in [0.29, 0.717) is 19.0 Å². The summed E-state index contributed by atoms with van der Waals surface area (Å²) in [4.78, 5) is 23.7. The monoisotopic (exact) mass is 187 g/mol. The average Bonchev–Trinajstić information content (AvgIpc) is 2.61. The van der Waals surface area contributed by atoms with E-state index in [9.17, 15) is 9.59 Å². The van der Waals surface area contributed by atoms with Crippen molar-refractivity contribution in [2.75, 3.05) is 19.0 Å². The highest BCUT2D eigenvalue weighted by molar-refractivity contribution is 8.14. The first kappa shape index (κ1) is 8.07. The van der Waals surface area contributed by atoms with Gasteiger partial charge in [0.25, 0.3) is 5.24 Å². The third-order valence-corrected chi connectivity index (χ3v) is 2.89. The van der Waals surface area contributed by atoms with Gasteiger partial charge in [-0.15, -0.1) is 0 Å². The Morgan fingerprint density at radius 2 is 2.33 bits per heavy atom. The van der Waals surface area contributed by atoms with Crippen molar-refractivity contribution in [2.45, 2.75) is 12.5 Å². The van der Waals surface area contributed by atoms with Gasteiger partial charge in [-0.1, -0.05) is 11.8 Å². The van der Waals surface area contributed by atoms with Gasteiger partial charge in [0.15, 0.2) is 0 Å². The lowest BCUT2D eigenvalue weighted by Crippen LogP contribution is -2.39. The molecule has 0 aromatic carbocycles. The van der Waals surface area contributed by atoms with Gasteiger partial charge in [-0.05, 0) is 6.42 Å². The summed E-state index contributed by atoms with van der Waals surface area (Å²) in [7, 11) is 0. The van der Waals surface area contributed by atoms with Crippen LogP contribution in [0.4, 0.5) is 4.79 Å². The number of hydrogen-bond acceptors (Lipinski definition) is 4. The van der Waals surface area contributed by atoms with E-state index < -0.39 is 0 Å². The number of nitrogens with zero attached hydrogens (tertiary/aromatic N) is 1. The molecule has 2 heterocycles. The third-order valence-electron chi connectivity index (χ3n) is 2.06. The maximum atomic E-state index is 11.2. The van der Waals surface area contributed by atoms with Crippen LogP contribution in [-0.2, 0) is 9.53 Å². The van der Waals surface area contributed by atoms with Crippen LogP contribution in [0.1, 0.15) is 6.42 Å². The molecule has 0 N–H and O–H groups in total. The van der Waals surface area contributed by atoms with Gasteiger partial charge in [0.05, 0.1) is 18.4 Å². The summed E-state index contributed by atoms with van der Waals surface area (Å²) in [5.74, 6) is 0.232. The molecule has 0 radical (unpaired) electrons. The van der Waals surface area contributed by atoms with E-state index in [2.05, 4.69) is 0 Å². The molecule has 2 saturated heterocycles. The van der Waals surface area contributed by atoms with Gasteiger partial charge in [-0.25, -0.2) is 0 Å². The molecule has 1 atom stereocenters. The van der Waals surface area contributed by atoms with Gasteiger partial charge >= 0.3 is 0 Å². The summed E-state index contributed by atoms with van der Waals surface area (Å²) in [6.45, 7) is 1.17. The maximum absolute atomic E-state index is 11.2. The second-order valence-electron chi connectivity index (χ2n) is 2.84. The highest BCUT2D eigenvalue weighted by atomic mass is 32.2. The van der Waals surface area contributed by atoms with E-state index in [0.717, 1.165) is 18.2 Å². The van der Waals surface area contributed by atoms with Crippen LogP contribution in [0.25, 0.3) is 0 Å². The van der Waals surface area contributed by atoms with Gasteiger partial charge in [0, 0.05) is 6.61 Å². The van der Waals surface area contributed by atoms with Crippen LogP contribution in [0.2, 0.25) is 0 Å². The lowest BCUT2D eigenvalue weighted by molar-refractivity contribution is -0.126. The molecule has 66 valence electrons. The molecule has 2 aliphatic heterocycles. The molecule has 2 aliphatic rings. The molecule has 4 nitrogen and oxygen atoms in total. The molecule has 0 aromatic rings. The number of rotatable bonds is 1. The first-order valence-corrected chi connectivity index (χ1v) is 4.84. The van der Waals surface area contributed by atoms with Crippen molar-refractivity contribution in [1.29, 1.82) is 0 Å². The zero-order valence-corrected chi connectivity index (χ0v) is 7.30. The number of thioether (sulfide) groups is 1. The summed E-state index contributed by atoms with van der Waals surface area (Å²) >= 11 is 1.08. The van der Waals surface area contributed by atoms with Gasteiger partial charge in [-0.3, -0.25) is 14.5 Å². The number of imide groups is 1. The van der Waals surface area contributed by atoms with Crippen LogP contribution < -0.4 is 0 Å². The molecule has 0 unspecified atom stereocenters. The first-order chi connectivity index (χ1) is 5.79. The van der Waals surface area contributed by atoms with Crippen LogP contribution in [0.15, 0.2) is 0 Å². The van der Waals surface area contributed by atoms with Crippen LogP contribution in [0.5, 0.6) is 0 Å². The minimum absolute atomic E-state index is 0.000000000000000444. The smallest absolute Gasteiger partial charge is 0.289 e. The Bertz CT molecular complexity index is 209. The second kappa shape index (κ2) is 3.06. The van der Waals surface area contributed by atoms with Gasteiger partial charge in [0.1, 0.15) is 0 Å². The molecule has 5 heteroatoms. The Labute approximate surface area is 74.2 Å². The summed E-state index contributed by atoms with van der Waals surface area (Å²) in [5.41, 5.74) is 0. The minimum Gasteiger partial charge on any atom is -0.379 e. The van der Waals surface area contributed by atoms with Crippen molar-refractivity contribution in [3.05, 3.63) is 0 Å². The zero-order chi connectivity index (χ0) is 8.55. The molecule has 2 amide bonds. The van der Waals surface area contributed by atoms with Crippen molar-refractivity contribution < 1.29 is 14.3 Å². The number of hydrogen-bond donors (Lipinski definition) is 0. The molecule has 0 aliphatic carbocycles. The Hall–Kier alpha value is -0.550. The van der Waals surface area contributed by atoms with E-state index in [4.69, 9.17) is 4.74 Å². The molecule has 2 fully saturated rings. The van der Waals surface area contributed by atoms with Gasteiger partial charge < -0.3 is 4.74 Å². The van der Waals surface area contributed by atoms with Gasteiger partial charge in [0.2, 0.25) is 5.91 Å². The fourth-order valence-electron chi connectivity index (χ4n) is 1.44. The molecular weight excluding hydrogens is 178 g/mol. The number of amides is 2. The molecule has 12 heavy (non-hydrogen) atoms. The quantitative estimate of drug-likeness (QED) is 0.598. The van der Waals surface area contributed by atoms with E-state index in [1.54, 1.807) is 0 Å². The molecule has 0 bridgehead atoms. The average molecular weight is 187 g/mol. The van der Waals surface area contributed by atoms with Crippen molar-refractivity contribution in [2.24, 2.45) is 0 Å². The van der Waals surface area contributed by atoms with Crippen molar-refractivity contribution in [3.8, 4) is 0 Å². The number of carbonyl (C=O) groups is 2. The predicted molar refractivity (Wildman–Crippen MR) is 43.9 cm³/mol. The summed E-state index contributed by atoms with van der Waals surface area (Å²) in [6.07, 6.45) is 0.790. The number of ether oxygens (including phenoxy) is 1. The molecule has 0 spiro atoms. The van der Waals surface area contributed by atoms with E-state index in [-0.39, 0.29) is 17.2 Å². The first-order valence-electron chi connectivity index (χ1n) is 3.85. The normalized spacial score (nSPS) is 30.3. The fourth-order valence-corrected chi connectivity index (χ4v) is 2.22. The lowest BCUT2D eigenvalue weighted by atomic mass is 10.2. The van der Waals surface area contributed by atoms with Crippen molar-refractivity contribution in [1.82, 2.24) is 4.90 Å². The molecular formula is C7H9NO3S.